The van der Waals surface area contributed by atoms with Gasteiger partial charge in [-0.05, 0) is 18.8 Å². The third-order valence-electron chi connectivity index (χ3n) is 4.34. The van der Waals surface area contributed by atoms with Crippen molar-refractivity contribution >= 4 is 17.2 Å². The first-order valence-electron chi connectivity index (χ1n) is 8.18. The molecule has 0 bridgehead atoms. The lowest BCUT2D eigenvalue weighted by Crippen LogP contribution is -2.36. The molecule has 1 saturated heterocycles. The summed E-state index contributed by atoms with van der Waals surface area (Å²) in [6.45, 7) is 10.8. The van der Waals surface area contributed by atoms with Gasteiger partial charge in [-0.25, -0.2) is 4.98 Å². The average Bonchev–Trinajstić information content (AvgIpc) is 2.96. The molecule has 1 unspecified atom stereocenters. The Labute approximate surface area is 137 Å². The summed E-state index contributed by atoms with van der Waals surface area (Å²) in [4.78, 5) is 16.9. The fourth-order valence-electron chi connectivity index (χ4n) is 2.65. The number of carbonyl (C=O) groups excluding carboxylic acids is 1. The van der Waals surface area contributed by atoms with Crippen LogP contribution in [0, 0.1) is 11.8 Å². The Morgan fingerprint density at radius 3 is 2.73 bits per heavy atom. The SMILES string of the molecule is CC(C(=O)NCCc1nc(C(C)(C)C)cs1)C1CCOCC1. The standard InChI is InChI=1S/C17H28N2O2S/c1-12(13-6-9-21-10-7-13)16(20)18-8-5-15-19-14(11-22-15)17(2,3)4/h11-13H,5-10H2,1-4H3,(H,18,20). The van der Waals surface area contributed by atoms with Crippen molar-refractivity contribution in [1.82, 2.24) is 10.3 Å². The van der Waals surface area contributed by atoms with E-state index in [-0.39, 0.29) is 17.2 Å². The Hall–Kier alpha value is -0.940. The fourth-order valence-corrected chi connectivity index (χ4v) is 3.68. The van der Waals surface area contributed by atoms with Gasteiger partial charge in [0.05, 0.1) is 10.7 Å². The molecule has 0 spiro atoms. The highest BCUT2D eigenvalue weighted by Gasteiger charge is 2.25. The Balaban J connectivity index is 1.75. The number of amides is 1. The van der Waals surface area contributed by atoms with E-state index in [0.29, 0.717) is 12.5 Å². The second kappa shape index (κ2) is 7.55. The van der Waals surface area contributed by atoms with Crippen LogP contribution < -0.4 is 5.32 Å². The zero-order valence-corrected chi connectivity index (χ0v) is 15.0. The monoisotopic (exact) mass is 324 g/mol. The number of carbonyl (C=O) groups is 1. The van der Waals surface area contributed by atoms with Crippen molar-refractivity contribution in [1.29, 1.82) is 0 Å². The number of thiazole rings is 1. The summed E-state index contributed by atoms with van der Waals surface area (Å²) in [7, 11) is 0. The van der Waals surface area contributed by atoms with Crippen molar-refractivity contribution in [3.05, 3.63) is 16.1 Å². The third kappa shape index (κ3) is 4.78. The Kier molecular flexibility index (Phi) is 5.98. The van der Waals surface area contributed by atoms with Crippen LogP contribution in [0.3, 0.4) is 0 Å². The lowest BCUT2D eigenvalue weighted by Gasteiger charge is -2.26. The molecule has 22 heavy (non-hydrogen) atoms. The van der Waals surface area contributed by atoms with Crippen molar-refractivity contribution < 1.29 is 9.53 Å². The first kappa shape index (κ1) is 17.4. The molecular weight excluding hydrogens is 296 g/mol. The summed E-state index contributed by atoms with van der Waals surface area (Å²) in [6, 6.07) is 0. The molecule has 1 amide bonds. The molecule has 5 heteroatoms. The van der Waals surface area contributed by atoms with Crippen LogP contribution in [-0.2, 0) is 21.4 Å². The minimum atomic E-state index is 0.0744. The number of hydrogen-bond donors (Lipinski definition) is 1. The summed E-state index contributed by atoms with van der Waals surface area (Å²) < 4.78 is 5.36. The first-order valence-corrected chi connectivity index (χ1v) is 9.06. The van der Waals surface area contributed by atoms with Gasteiger partial charge < -0.3 is 10.1 Å². The normalized spacial score (nSPS) is 18.2. The molecule has 1 atom stereocenters. The maximum atomic E-state index is 12.2. The highest BCUT2D eigenvalue weighted by molar-refractivity contribution is 7.09. The van der Waals surface area contributed by atoms with Crippen molar-refractivity contribution in [2.75, 3.05) is 19.8 Å². The number of nitrogens with zero attached hydrogens (tertiary/aromatic N) is 1. The van der Waals surface area contributed by atoms with E-state index in [1.54, 1.807) is 11.3 Å². The van der Waals surface area contributed by atoms with E-state index < -0.39 is 0 Å². The van der Waals surface area contributed by atoms with Gasteiger partial charge in [-0.1, -0.05) is 27.7 Å². The van der Waals surface area contributed by atoms with Gasteiger partial charge in [0.15, 0.2) is 0 Å². The van der Waals surface area contributed by atoms with Gasteiger partial charge in [-0.15, -0.1) is 11.3 Å². The molecular formula is C17H28N2O2S. The molecule has 1 N–H and O–H groups in total. The number of nitrogens with one attached hydrogen (secondary N) is 1. The minimum Gasteiger partial charge on any atom is -0.381 e. The van der Waals surface area contributed by atoms with Crippen LogP contribution >= 0.6 is 11.3 Å². The van der Waals surface area contributed by atoms with Gasteiger partial charge in [0.1, 0.15) is 0 Å². The topological polar surface area (TPSA) is 51.2 Å². The van der Waals surface area contributed by atoms with Gasteiger partial charge in [0, 0.05) is 42.9 Å². The molecule has 1 aromatic heterocycles. The largest absolute Gasteiger partial charge is 0.381 e. The van der Waals surface area contributed by atoms with E-state index in [2.05, 4.69) is 36.5 Å². The number of aromatic nitrogens is 1. The van der Waals surface area contributed by atoms with Crippen molar-refractivity contribution in [2.24, 2.45) is 11.8 Å². The molecule has 2 rings (SSSR count). The lowest BCUT2D eigenvalue weighted by molar-refractivity contribution is -0.127. The average molecular weight is 324 g/mol. The van der Waals surface area contributed by atoms with Gasteiger partial charge in [0.25, 0.3) is 0 Å². The van der Waals surface area contributed by atoms with Crippen LogP contribution in [-0.4, -0.2) is 30.6 Å². The summed E-state index contributed by atoms with van der Waals surface area (Å²) in [5.74, 6) is 0.700. The van der Waals surface area contributed by atoms with Crippen LogP contribution in [0.2, 0.25) is 0 Å². The van der Waals surface area contributed by atoms with Crippen LogP contribution in [0.25, 0.3) is 0 Å². The van der Waals surface area contributed by atoms with Gasteiger partial charge in [0.2, 0.25) is 5.91 Å². The molecule has 0 saturated carbocycles. The molecule has 1 aromatic rings. The van der Waals surface area contributed by atoms with Crippen molar-refractivity contribution in [3.63, 3.8) is 0 Å². The van der Waals surface area contributed by atoms with Gasteiger partial charge >= 0.3 is 0 Å². The molecule has 124 valence electrons. The molecule has 0 radical (unpaired) electrons. The summed E-state index contributed by atoms with van der Waals surface area (Å²) in [5, 5.41) is 6.29. The summed E-state index contributed by atoms with van der Waals surface area (Å²) in [6.07, 6.45) is 2.80. The van der Waals surface area contributed by atoms with E-state index in [1.165, 1.54) is 0 Å². The lowest BCUT2D eigenvalue weighted by atomic mass is 9.87. The molecule has 1 fully saturated rings. The Bertz CT molecular complexity index is 487. The fraction of sp³-hybridized carbons (Fsp3) is 0.765. The molecule has 2 heterocycles. The summed E-state index contributed by atoms with van der Waals surface area (Å²) in [5.41, 5.74) is 1.23. The van der Waals surface area contributed by atoms with Crippen LogP contribution in [0.4, 0.5) is 0 Å². The van der Waals surface area contributed by atoms with Gasteiger partial charge in [-0.3, -0.25) is 4.79 Å². The molecule has 0 aliphatic carbocycles. The minimum absolute atomic E-state index is 0.0744. The van der Waals surface area contributed by atoms with E-state index >= 15 is 0 Å². The van der Waals surface area contributed by atoms with Crippen LogP contribution in [0.15, 0.2) is 5.38 Å². The number of rotatable bonds is 5. The van der Waals surface area contributed by atoms with E-state index in [0.717, 1.165) is 43.2 Å². The highest BCUT2D eigenvalue weighted by Crippen LogP contribution is 2.25. The van der Waals surface area contributed by atoms with E-state index in [9.17, 15) is 4.79 Å². The van der Waals surface area contributed by atoms with Gasteiger partial charge in [-0.2, -0.15) is 0 Å². The second-order valence-electron chi connectivity index (χ2n) is 7.16. The molecule has 0 aromatic carbocycles. The molecule has 1 aliphatic rings. The maximum Gasteiger partial charge on any atom is 0.223 e. The molecule has 4 nitrogen and oxygen atoms in total. The third-order valence-corrected chi connectivity index (χ3v) is 5.25. The zero-order chi connectivity index (χ0) is 16.2. The summed E-state index contributed by atoms with van der Waals surface area (Å²) >= 11 is 1.69. The molecule has 1 aliphatic heterocycles. The zero-order valence-electron chi connectivity index (χ0n) is 14.1. The maximum absolute atomic E-state index is 12.2. The van der Waals surface area contributed by atoms with Crippen molar-refractivity contribution in [3.8, 4) is 0 Å². The first-order chi connectivity index (χ1) is 10.4. The Morgan fingerprint density at radius 1 is 1.45 bits per heavy atom. The quantitative estimate of drug-likeness (QED) is 0.905. The van der Waals surface area contributed by atoms with Crippen LogP contribution in [0.5, 0.6) is 0 Å². The predicted octanol–water partition coefficient (Wildman–Crippen LogP) is 3.16. The highest BCUT2D eigenvalue weighted by atomic mass is 32.1. The van der Waals surface area contributed by atoms with Crippen LogP contribution in [0.1, 0.15) is 51.2 Å². The smallest absolute Gasteiger partial charge is 0.223 e. The van der Waals surface area contributed by atoms with E-state index in [4.69, 9.17) is 4.74 Å². The predicted molar refractivity (Wildman–Crippen MR) is 90.2 cm³/mol. The Morgan fingerprint density at radius 2 is 2.14 bits per heavy atom. The van der Waals surface area contributed by atoms with E-state index in [1.807, 2.05) is 6.92 Å². The number of hydrogen-bond acceptors (Lipinski definition) is 4. The number of ether oxygens (including phenoxy) is 1. The van der Waals surface area contributed by atoms with Crippen molar-refractivity contribution in [2.45, 2.75) is 52.4 Å². The second-order valence-corrected chi connectivity index (χ2v) is 8.10.